The van der Waals surface area contributed by atoms with E-state index >= 15 is 0 Å². The SMILES string of the molecule is C#COC1CCC(C(=O)NC2CCC(OC3CCC(C(C)(C)C4CCC(OC5CCC(NC(=O)C6CCC(OCCOC7CCCCC7)CC6C(=O)O)CC5)CC4)CC3)CC2)C(C(=O)O)C1. The summed E-state index contributed by atoms with van der Waals surface area (Å²) in [5, 5.41) is 26.3. The Morgan fingerprint density at radius 1 is 0.485 bits per heavy atom. The van der Waals surface area contributed by atoms with Crippen LogP contribution in [0.5, 0.6) is 0 Å². The summed E-state index contributed by atoms with van der Waals surface area (Å²) in [6.07, 6.45) is 33.5. The van der Waals surface area contributed by atoms with Gasteiger partial charge in [-0.2, -0.15) is 0 Å². The highest BCUT2D eigenvalue weighted by Gasteiger charge is 2.44. The summed E-state index contributed by atoms with van der Waals surface area (Å²) in [6.45, 7) is 6.01. The van der Waals surface area contributed by atoms with Gasteiger partial charge in [-0.25, -0.2) is 0 Å². The van der Waals surface area contributed by atoms with Crippen molar-refractivity contribution in [2.45, 2.75) is 242 Å². The van der Waals surface area contributed by atoms with Gasteiger partial charge in [-0.05, 0) is 171 Å². The van der Waals surface area contributed by atoms with Crippen LogP contribution in [-0.2, 0) is 42.9 Å². The van der Waals surface area contributed by atoms with Crippen LogP contribution in [-0.4, -0.2) is 102 Å². The number of hydrogen-bond donors (Lipinski definition) is 4. The highest BCUT2D eigenvalue weighted by atomic mass is 16.5. The van der Waals surface area contributed by atoms with Crippen molar-refractivity contribution in [1.29, 1.82) is 0 Å². The molecule has 66 heavy (non-hydrogen) atoms. The second kappa shape index (κ2) is 24.6. The zero-order valence-electron chi connectivity index (χ0n) is 40.3. The molecule has 2 amide bonds. The standard InChI is InChI=1S/C53H84N2O11/c1-4-62-43-26-28-45(47(32-43)51(58)59)49(56)54-36-14-22-41(23-15-36)65-39-18-10-34(11-19-39)53(2,3)35-12-20-40(21-13-35)66-42-24-16-37(17-25-42)55-50(57)46-29-27-44(33-48(46)52(60)61)64-31-30-63-38-8-6-5-7-9-38/h1,34-48H,5-33H2,2-3H3,(H,54,56)(H,55,57)(H,58,59)(H,60,61). The second-order valence-corrected chi connectivity index (χ2v) is 22.2. The Bertz CT molecular complexity index is 1600. The van der Waals surface area contributed by atoms with Crippen LogP contribution in [0, 0.1) is 53.5 Å². The van der Waals surface area contributed by atoms with Crippen molar-refractivity contribution in [1.82, 2.24) is 10.6 Å². The molecule has 4 N–H and O–H groups in total. The number of carbonyl (C=O) groups excluding carboxylic acids is 2. The third-order valence-corrected chi connectivity index (χ3v) is 17.8. The van der Waals surface area contributed by atoms with E-state index in [1.165, 1.54) is 44.9 Å². The number of ether oxygens (including phenoxy) is 5. The molecule has 13 nitrogen and oxygen atoms in total. The summed E-state index contributed by atoms with van der Waals surface area (Å²) in [7, 11) is 0. The van der Waals surface area contributed by atoms with Gasteiger partial charge in [0.1, 0.15) is 12.2 Å². The predicted molar refractivity (Wildman–Crippen MR) is 249 cm³/mol. The molecule has 0 bridgehead atoms. The molecule has 0 aromatic carbocycles. The van der Waals surface area contributed by atoms with Crippen molar-refractivity contribution < 1.29 is 53.1 Å². The predicted octanol–water partition coefficient (Wildman–Crippen LogP) is 8.73. The lowest BCUT2D eigenvalue weighted by atomic mass is 9.60. The van der Waals surface area contributed by atoms with E-state index in [-0.39, 0.29) is 60.1 Å². The first kappa shape index (κ1) is 50.9. The third-order valence-electron chi connectivity index (χ3n) is 17.8. The van der Waals surface area contributed by atoms with Gasteiger partial charge in [-0.3, -0.25) is 19.2 Å². The van der Waals surface area contributed by atoms with Crippen LogP contribution >= 0.6 is 0 Å². The lowest BCUT2D eigenvalue weighted by Crippen LogP contribution is -2.47. The van der Waals surface area contributed by atoms with Crippen molar-refractivity contribution in [3.05, 3.63) is 0 Å². The van der Waals surface area contributed by atoms with Crippen LogP contribution in [0.1, 0.15) is 187 Å². The van der Waals surface area contributed by atoms with Crippen LogP contribution in [0.3, 0.4) is 0 Å². The fourth-order valence-electron chi connectivity index (χ4n) is 13.5. The van der Waals surface area contributed by atoms with Crippen LogP contribution in [0.25, 0.3) is 0 Å². The number of carboxylic acid groups (broad SMARTS) is 2. The number of aliphatic carboxylic acids is 2. The van der Waals surface area contributed by atoms with Crippen molar-refractivity contribution >= 4 is 23.8 Å². The quantitative estimate of drug-likeness (QED) is 0.0763. The largest absolute Gasteiger partial charge is 0.481 e. The van der Waals surface area contributed by atoms with E-state index in [9.17, 15) is 29.4 Å². The van der Waals surface area contributed by atoms with Gasteiger partial charge in [-0.15, -0.1) is 0 Å². The van der Waals surface area contributed by atoms with Gasteiger partial charge < -0.3 is 44.5 Å². The van der Waals surface area contributed by atoms with Gasteiger partial charge in [0, 0.05) is 12.1 Å². The second-order valence-electron chi connectivity index (χ2n) is 22.2. The van der Waals surface area contributed by atoms with Gasteiger partial charge in [0.2, 0.25) is 11.8 Å². The van der Waals surface area contributed by atoms with Crippen LogP contribution < -0.4 is 10.6 Å². The summed E-state index contributed by atoms with van der Waals surface area (Å²) >= 11 is 0. The van der Waals surface area contributed by atoms with Crippen molar-refractivity contribution in [3.8, 4) is 12.5 Å². The Balaban J connectivity index is 0.740. The Labute approximate surface area is 395 Å². The number of hydrogen-bond acceptors (Lipinski definition) is 9. The zero-order valence-corrected chi connectivity index (χ0v) is 40.3. The number of nitrogens with one attached hydrogen (secondary N) is 2. The molecule has 6 atom stereocenters. The molecule has 0 radical (unpaired) electrons. The monoisotopic (exact) mass is 925 g/mol. The van der Waals surface area contributed by atoms with Gasteiger partial charge in [0.15, 0.2) is 0 Å². The minimum atomic E-state index is -0.966. The highest BCUT2D eigenvalue weighted by molar-refractivity contribution is 5.86. The molecule has 0 heterocycles. The molecule has 7 aliphatic carbocycles. The first-order chi connectivity index (χ1) is 31.9. The molecule has 0 aromatic heterocycles. The van der Waals surface area contributed by atoms with Gasteiger partial charge in [-0.1, -0.05) is 39.5 Å². The van der Waals surface area contributed by atoms with Gasteiger partial charge in [0.25, 0.3) is 0 Å². The smallest absolute Gasteiger partial charge is 0.307 e. The number of carbonyl (C=O) groups is 4. The van der Waals surface area contributed by atoms with E-state index in [1.807, 2.05) is 0 Å². The molecule has 6 unspecified atom stereocenters. The molecule has 13 heteroatoms. The molecule has 372 valence electrons. The minimum Gasteiger partial charge on any atom is -0.481 e. The zero-order chi connectivity index (χ0) is 46.6. The molecule has 0 saturated heterocycles. The molecule has 0 spiro atoms. The van der Waals surface area contributed by atoms with E-state index in [0.29, 0.717) is 75.5 Å². The summed E-state index contributed by atoms with van der Waals surface area (Å²) < 4.78 is 30.7. The number of rotatable bonds is 18. The lowest BCUT2D eigenvalue weighted by molar-refractivity contribution is -0.152. The van der Waals surface area contributed by atoms with Crippen LogP contribution in [0.15, 0.2) is 0 Å². The van der Waals surface area contributed by atoms with Crippen molar-refractivity contribution in [2.24, 2.45) is 40.9 Å². The maximum absolute atomic E-state index is 13.5. The molecular formula is C53H84N2O11. The van der Waals surface area contributed by atoms with Crippen LogP contribution in [0.4, 0.5) is 0 Å². The maximum Gasteiger partial charge on any atom is 0.307 e. The van der Waals surface area contributed by atoms with Gasteiger partial charge in [0.05, 0.1) is 73.5 Å². The normalized spacial score (nSPS) is 37.2. The average Bonchev–Trinajstić information content (AvgIpc) is 3.32. The van der Waals surface area contributed by atoms with E-state index in [4.69, 9.17) is 30.1 Å². The summed E-state index contributed by atoms with van der Waals surface area (Å²) in [6, 6.07) is 0.121. The Morgan fingerprint density at radius 2 is 0.864 bits per heavy atom. The molecular weight excluding hydrogens is 841 g/mol. The summed E-state index contributed by atoms with van der Waals surface area (Å²) in [4.78, 5) is 50.9. The third kappa shape index (κ3) is 14.1. The molecule has 7 fully saturated rings. The number of carboxylic acids is 2. The van der Waals surface area contributed by atoms with Gasteiger partial charge >= 0.3 is 11.9 Å². The number of terminal acetylenes is 1. The summed E-state index contributed by atoms with van der Waals surface area (Å²) in [5.41, 5.74) is 0.269. The van der Waals surface area contributed by atoms with Crippen molar-refractivity contribution in [3.63, 3.8) is 0 Å². The maximum atomic E-state index is 13.5. The first-order valence-electron chi connectivity index (χ1n) is 26.6. The van der Waals surface area contributed by atoms with E-state index in [2.05, 4.69) is 30.6 Å². The van der Waals surface area contributed by atoms with Crippen LogP contribution in [0.2, 0.25) is 0 Å². The molecule has 0 aliphatic heterocycles. The highest BCUT2D eigenvalue weighted by Crippen LogP contribution is 2.49. The molecule has 7 saturated carbocycles. The minimum absolute atomic E-state index is 0.0537. The molecule has 7 aliphatic rings. The van der Waals surface area contributed by atoms with E-state index < -0.39 is 35.6 Å². The van der Waals surface area contributed by atoms with E-state index in [1.54, 1.807) is 0 Å². The first-order valence-corrected chi connectivity index (χ1v) is 26.6. The molecule has 7 rings (SSSR count). The molecule has 0 aromatic rings. The Hall–Kier alpha value is -2.92. The topological polar surface area (TPSA) is 179 Å². The average molecular weight is 925 g/mol. The Morgan fingerprint density at radius 3 is 1.29 bits per heavy atom. The fourth-order valence-corrected chi connectivity index (χ4v) is 13.5. The fraction of sp³-hybridized carbons (Fsp3) is 0.887. The Kier molecular flexibility index (Phi) is 19.0. The summed E-state index contributed by atoms with van der Waals surface area (Å²) in [5.74, 6) is -3.36. The lowest BCUT2D eigenvalue weighted by Gasteiger charge is -2.47. The number of amides is 2. The van der Waals surface area contributed by atoms with E-state index in [0.717, 1.165) is 89.9 Å². The van der Waals surface area contributed by atoms with Crippen molar-refractivity contribution in [2.75, 3.05) is 13.2 Å².